The smallest absolute Gasteiger partial charge is 0.247 e. The number of nitrogens with one attached hydrogen (secondary N) is 1. The SMILES string of the molecule is CCCNC(=O)[C@@H](c1ccccc1)N(Cc1ccc(OC)cc1)C(=O)C(C)C. The van der Waals surface area contributed by atoms with Gasteiger partial charge in [-0.2, -0.15) is 0 Å². The Hall–Kier alpha value is -2.82. The average Bonchev–Trinajstić information content (AvgIpc) is 2.72. The van der Waals surface area contributed by atoms with E-state index >= 15 is 0 Å². The van der Waals surface area contributed by atoms with Crippen LogP contribution in [0.5, 0.6) is 5.75 Å². The Labute approximate surface area is 167 Å². The fourth-order valence-electron chi connectivity index (χ4n) is 3.01. The lowest BCUT2D eigenvalue weighted by atomic mass is 10.0. The summed E-state index contributed by atoms with van der Waals surface area (Å²) in [4.78, 5) is 27.8. The molecule has 0 bridgehead atoms. The van der Waals surface area contributed by atoms with Crippen LogP contribution in [0.2, 0.25) is 0 Å². The van der Waals surface area contributed by atoms with Crippen molar-refractivity contribution in [2.75, 3.05) is 13.7 Å². The van der Waals surface area contributed by atoms with Gasteiger partial charge in [-0.1, -0.05) is 63.2 Å². The van der Waals surface area contributed by atoms with E-state index in [9.17, 15) is 9.59 Å². The molecule has 0 fully saturated rings. The van der Waals surface area contributed by atoms with E-state index in [2.05, 4.69) is 5.32 Å². The van der Waals surface area contributed by atoms with Crippen LogP contribution in [0.1, 0.15) is 44.4 Å². The topological polar surface area (TPSA) is 58.6 Å². The molecular formula is C23H30N2O3. The van der Waals surface area contributed by atoms with E-state index in [4.69, 9.17) is 4.74 Å². The van der Waals surface area contributed by atoms with Crippen molar-refractivity contribution < 1.29 is 14.3 Å². The maximum absolute atomic E-state index is 13.1. The third-order valence-corrected chi connectivity index (χ3v) is 4.51. The van der Waals surface area contributed by atoms with Gasteiger partial charge in [0.05, 0.1) is 7.11 Å². The zero-order valence-corrected chi connectivity index (χ0v) is 17.1. The van der Waals surface area contributed by atoms with Crippen LogP contribution in [0.4, 0.5) is 0 Å². The Morgan fingerprint density at radius 1 is 1.04 bits per heavy atom. The average molecular weight is 383 g/mol. The molecule has 28 heavy (non-hydrogen) atoms. The van der Waals surface area contributed by atoms with Crippen molar-refractivity contribution in [3.8, 4) is 5.75 Å². The molecule has 2 amide bonds. The van der Waals surface area contributed by atoms with Crippen molar-refractivity contribution in [2.24, 2.45) is 5.92 Å². The first-order chi connectivity index (χ1) is 13.5. The first-order valence-corrected chi connectivity index (χ1v) is 9.74. The number of amides is 2. The van der Waals surface area contributed by atoms with Gasteiger partial charge in [0.25, 0.3) is 0 Å². The zero-order chi connectivity index (χ0) is 20.5. The number of carbonyl (C=O) groups excluding carboxylic acids is 2. The summed E-state index contributed by atoms with van der Waals surface area (Å²) < 4.78 is 5.21. The van der Waals surface area contributed by atoms with Gasteiger partial charge in [0.1, 0.15) is 11.8 Å². The Kier molecular flexibility index (Phi) is 8.05. The number of hydrogen-bond donors (Lipinski definition) is 1. The van der Waals surface area contributed by atoms with E-state index in [1.165, 1.54) is 0 Å². The monoisotopic (exact) mass is 382 g/mol. The predicted molar refractivity (Wildman–Crippen MR) is 111 cm³/mol. The summed E-state index contributed by atoms with van der Waals surface area (Å²) in [6.07, 6.45) is 0.837. The first-order valence-electron chi connectivity index (χ1n) is 9.74. The van der Waals surface area contributed by atoms with Gasteiger partial charge < -0.3 is 15.0 Å². The predicted octanol–water partition coefficient (Wildman–Crippen LogP) is 3.95. The van der Waals surface area contributed by atoms with Crippen molar-refractivity contribution in [2.45, 2.75) is 39.8 Å². The van der Waals surface area contributed by atoms with Crippen LogP contribution in [0.25, 0.3) is 0 Å². The van der Waals surface area contributed by atoms with Gasteiger partial charge in [0, 0.05) is 19.0 Å². The molecule has 1 atom stereocenters. The second-order valence-electron chi connectivity index (χ2n) is 7.07. The summed E-state index contributed by atoms with van der Waals surface area (Å²) in [6.45, 7) is 6.64. The largest absolute Gasteiger partial charge is 0.497 e. The van der Waals surface area contributed by atoms with Crippen LogP contribution in [0.15, 0.2) is 54.6 Å². The highest BCUT2D eigenvalue weighted by Crippen LogP contribution is 2.26. The lowest BCUT2D eigenvalue weighted by molar-refractivity contribution is -0.144. The van der Waals surface area contributed by atoms with E-state index in [0.717, 1.165) is 23.3 Å². The number of hydrogen-bond acceptors (Lipinski definition) is 3. The van der Waals surface area contributed by atoms with Crippen LogP contribution in [-0.2, 0) is 16.1 Å². The first kappa shape index (κ1) is 21.5. The minimum atomic E-state index is -0.676. The van der Waals surface area contributed by atoms with Crippen molar-refractivity contribution in [1.29, 1.82) is 0 Å². The lowest BCUT2D eigenvalue weighted by Crippen LogP contribution is -2.45. The molecule has 0 aliphatic rings. The normalized spacial score (nSPS) is 11.8. The number of nitrogens with zero attached hydrogens (tertiary/aromatic N) is 1. The molecule has 2 aromatic rings. The molecule has 0 spiro atoms. The zero-order valence-electron chi connectivity index (χ0n) is 17.1. The molecule has 0 unspecified atom stereocenters. The molecule has 0 heterocycles. The molecule has 150 valence electrons. The van der Waals surface area contributed by atoms with E-state index in [-0.39, 0.29) is 17.7 Å². The van der Waals surface area contributed by atoms with E-state index < -0.39 is 6.04 Å². The molecule has 5 nitrogen and oxygen atoms in total. The molecule has 0 saturated carbocycles. The van der Waals surface area contributed by atoms with Crippen molar-refractivity contribution in [1.82, 2.24) is 10.2 Å². The summed E-state index contributed by atoms with van der Waals surface area (Å²) in [6, 6.07) is 16.4. The van der Waals surface area contributed by atoms with Gasteiger partial charge in [-0.05, 0) is 29.7 Å². The molecule has 0 aromatic heterocycles. The minimum Gasteiger partial charge on any atom is -0.497 e. The number of benzene rings is 2. The molecule has 2 aromatic carbocycles. The Morgan fingerprint density at radius 3 is 2.21 bits per heavy atom. The van der Waals surface area contributed by atoms with Crippen LogP contribution in [0.3, 0.4) is 0 Å². The number of rotatable bonds is 9. The van der Waals surface area contributed by atoms with E-state index in [1.807, 2.05) is 75.4 Å². The summed E-state index contributed by atoms with van der Waals surface area (Å²) >= 11 is 0. The lowest BCUT2D eigenvalue weighted by Gasteiger charge is -2.33. The second kappa shape index (κ2) is 10.5. The van der Waals surface area contributed by atoms with E-state index in [1.54, 1.807) is 12.0 Å². The van der Waals surface area contributed by atoms with Gasteiger partial charge in [-0.3, -0.25) is 9.59 Å². The van der Waals surface area contributed by atoms with Gasteiger partial charge in [-0.25, -0.2) is 0 Å². The Balaban J connectivity index is 2.42. The fourth-order valence-corrected chi connectivity index (χ4v) is 3.01. The number of methoxy groups -OCH3 is 1. The molecule has 0 saturated heterocycles. The van der Waals surface area contributed by atoms with Gasteiger partial charge in [0.15, 0.2) is 0 Å². The van der Waals surface area contributed by atoms with Gasteiger partial charge in [0.2, 0.25) is 11.8 Å². The third-order valence-electron chi connectivity index (χ3n) is 4.51. The van der Waals surface area contributed by atoms with E-state index in [0.29, 0.717) is 13.1 Å². The summed E-state index contributed by atoms with van der Waals surface area (Å²) in [5.41, 5.74) is 1.75. The second-order valence-corrected chi connectivity index (χ2v) is 7.07. The molecular weight excluding hydrogens is 352 g/mol. The summed E-state index contributed by atoms with van der Waals surface area (Å²) in [7, 11) is 1.62. The van der Waals surface area contributed by atoms with Crippen LogP contribution < -0.4 is 10.1 Å². The van der Waals surface area contributed by atoms with Crippen molar-refractivity contribution in [3.63, 3.8) is 0 Å². The third kappa shape index (κ3) is 5.59. The van der Waals surface area contributed by atoms with Gasteiger partial charge in [-0.15, -0.1) is 0 Å². The molecule has 0 radical (unpaired) electrons. The number of carbonyl (C=O) groups is 2. The van der Waals surface area contributed by atoms with Gasteiger partial charge >= 0.3 is 0 Å². The summed E-state index contributed by atoms with van der Waals surface area (Å²) in [5.74, 6) is 0.320. The highest BCUT2D eigenvalue weighted by molar-refractivity contribution is 5.89. The maximum atomic E-state index is 13.1. The minimum absolute atomic E-state index is 0.0590. The quantitative estimate of drug-likeness (QED) is 0.714. The molecule has 1 N–H and O–H groups in total. The molecule has 0 aliphatic carbocycles. The molecule has 5 heteroatoms. The summed E-state index contributed by atoms with van der Waals surface area (Å²) in [5, 5.41) is 2.96. The Bertz CT molecular complexity index is 757. The van der Waals surface area contributed by atoms with Crippen molar-refractivity contribution >= 4 is 11.8 Å². The van der Waals surface area contributed by atoms with Crippen molar-refractivity contribution in [3.05, 3.63) is 65.7 Å². The van der Waals surface area contributed by atoms with Crippen LogP contribution in [-0.4, -0.2) is 30.4 Å². The highest BCUT2D eigenvalue weighted by atomic mass is 16.5. The molecule has 2 rings (SSSR count). The highest BCUT2D eigenvalue weighted by Gasteiger charge is 2.32. The van der Waals surface area contributed by atoms with Crippen LogP contribution >= 0.6 is 0 Å². The Morgan fingerprint density at radius 2 is 1.68 bits per heavy atom. The fraction of sp³-hybridized carbons (Fsp3) is 0.391. The number of ether oxygens (including phenoxy) is 1. The van der Waals surface area contributed by atoms with Crippen LogP contribution in [0, 0.1) is 5.92 Å². The standard InChI is InChI=1S/C23H30N2O3/c1-5-15-24-22(26)21(19-9-7-6-8-10-19)25(23(27)17(2)3)16-18-11-13-20(28-4)14-12-18/h6-14,17,21H,5,15-16H2,1-4H3,(H,24,26)/t21-/m1/s1. The molecule has 0 aliphatic heterocycles. The maximum Gasteiger partial charge on any atom is 0.247 e.